The van der Waals surface area contributed by atoms with E-state index in [9.17, 15) is 8.42 Å². The van der Waals surface area contributed by atoms with Crippen LogP contribution in [0.2, 0.25) is 0 Å². The third-order valence-corrected chi connectivity index (χ3v) is 6.73. The fraction of sp³-hybridized carbons (Fsp3) is 0.227. The molecular formula is C22H22N2O2S. The third kappa shape index (κ3) is 3.47. The Hall–Kier alpha value is -2.66. The predicted octanol–water partition coefficient (Wildman–Crippen LogP) is 4.38. The fourth-order valence-corrected chi connectivity index (χ4v) is 4.88. The molecule has 1 atom stereocenters. The van der Waals surface area contributed by atoms with E-state index in [0.717, 1.165) is 41.4 Å². The lowest BCUT2D eigenvalue weighted by Gasteiger charge is -2.11. The number of nitrogens with zero attached hydrogens (tertiary/aromatic N) is 2. The largest absolute Gasteiger partial charge is 0.293 e. The second-order valence-electron chi connectivity index (χ2n) is 6.98. The Morgan fingerprint density at radius 2 is 1.89 bits per heavy atom. The molecule has 4 rings (SSSR count). The SMILES string of the molecule is Cc1ccc(S(=O)(=O)n2cc(CCC3C=CC=NC3)c3ccccc32)cc1. The van der Waals surface area contributed by atoms with Gasteiger partial charge in [0.2, 0.25) is 0 Å². The first-order chi connectivity index (χ1) is 13.1. The number of aliphatic imine (C=N–C) groups is 1. The summed E-state index contributed by atoms with van der Waals surface area (Å²) in [6, 6.07) is 14.7. The summed E-state index contributed by atoms with van der Waals surface area (Å²) in [6.07, 6.45) is 9.55. The van der Waals surface area contributed by atoms with Gasteiger partial charge in [0.25, 0.3) is 10.0 Å². The molecule has 0 spiro atoms. The number of rotatable bonds is 5. The monoisotopic (exact) mass is 378 g/mol. The minimum absolute atomic E-state index is 0.310. The number of fused-ring (bicyclic) bond motifs is 1. The number of hydrogen-bond donors (Lipinski definition) is 0. The third-order valence-electron chi connectivity index (χ3n) is 5.04. The van der Waals surface area contributed by atoms with Crippen molar-refractivity contribution in [3.05, 3.63) is 78.0 Å². The van der Waals surface area contributed by atoms with Gasteiger partial charge in [-0.1, -0.05) is 42.0 Å². The van der Waals surface area contributed by atoms with Crippen molar-refractivity contribution in [3.8, 4) is 0 Å². The van der Waals surface area contributed by atoms with Crippen LogP contribution in [-0.4, -0.2) is 25.1 Å². The molecule has 0 N–H and O–H groups in total. The van der Waals surface area contributed by atoms with Crippen molar-refractivity contribution in [2.45, 2.75) is 24.7 Å². The maximum Gasteiger partial charge on any atom is 0.268 e. The van der Waals surface area contributed by atoms with E-state index < -0.39 is 10.0 Å². The normalized spacial score (nSPS) is 16.9. The molecule has 2 heterocycles. The van der Waals surface area contributed by atoms with E-state index in [2.05, 4.69) is 11.1 Å². The molecule has 27 heavy (non-hydrogen) atoms. The van der Waals surface area contributed by atoms with Crippen LogP contribution in [0.25, 0.3) is 10.9 Å². The summed E-state index contributed by atoms with van der Waals surface area (Å²) in [7, 11) is -3.63. The van der Waals surface area contributed by atoms with Crippen molar-refractivity contribution in [1.29, 1.82) is 0 Å². The lowest BCUT2D eigenvalue weighted by molar-refractivity contribution is 0.588. The average molecular weight is 378 g/mol. The van der Waals surface area contributed by atoms with Gasteiger partial charge in [-0.25, -0.2) is 12.4 Å². The zero-order valence-electron chi connectivity index (χ0n) is 15.2. The molecule has 1 aliphatic heterocycles. The fourth-order valence-electron chi connectivity index (χ4n) is 3.49. The Bertz CT molecular complexity index is 1120. The number of benzene rings is 2. The van der Waals surface area contributed by atoms with E-state index in [1.807, 2.05) is 55.6 Å². The van der Waals surface area contributed by atoms with Crippen molar-refractivity contribution in [2.24, 2.45) is 10.9 Å². The van der Waals surface area contributed by atoms with Gasteiger partial charge in [0, 0.05) is 24.3 Å². The summed E-state index contributed by atoms with van der Waals surface area (Å²) in [5.74, 6) is 0.408. The van der Waals surface area contributed by atoms with Crippen LogP contribution in [0.15, 0.2) is 76.8 Å². The van der Waals surface area contributed by atoms with Crippen LogP contribution in [0.3, 0.4) is 0 Å². The van der Waals surface area contributed by atoms with Gasteiger partial charge < -0.3 is 0 Å². The van der Waals surface area contributed by atoms with Crippen molar-refractivity contribution in [3.63, 3.8) is 0 Å². The molecule has 0 bridgehead atoms. The summed E-state index contributed by atoms with van der Waals surface area (Å²) in [4.78, 5) is 4.62. The second-order valence-corrected chi connectivity index (χ2v) is 8.80. The zero-order chi connectivity index (χ0) is 18.9. The second kappa shape index (κ2) is 7.16. The maximum atomic E-state index is 13.2. The van der Waals surface area contributed by atoms with Crippen molar-refractivity contribution < 1.29 is 8.42 Å². The maximum absolute atomic E-state index is 13.2. The van der Waals surface area contributed by atoms with Crippen LogP contribution >= 0.6 is 0 Å². The summed E-state index contributed by atoms with van der Waals surface area (Å²) in [6.45, 7) is 2.75. The van der Waals surface area contributed by atoms with E-state index in [1.54, 1.807) is 18.3 Å². The van der Waals surface area contributed by atoms with Gasteiger partial charge in [-0.3, -0.25) is 4.99 Å². The van der Waals surface area contributed by atoms with E-state index in [4.69, 9.17) is 0 Å². The Labute approximate surface area is 159 Å². The first-order valence-electron chi connectivity index (χ1n) is 9.13. The minimum atomic E-state index is -3.63. The van der Waals surface area contributed by atoms with Crippen molar-refractivity contribution in [2.75, 3.05) is 6.54 Å². The quantitative estimate of drug-likeness (QED) is 0.662. The first-order valence-corrected chi connectivity index (χ1v) is 10.6. The number of allylic oxidation sites excluding steroid dienone is 1. The van der Waals surface area contributed by atoms with Gasteiger partial charge in [-0.15, -0.1) is 0 Å². The van der Waals surface area contributed by atoms with Gasteiger partial charge in [-0.2, -0.15) is 0 Å². The number of aromatic nitrogens is 1. The summed E-state index contributed by atoms with van der Waals surface area (Å²) in [5, 5.41) is 0.997. The summed E-state index contributed by atoms with van der Waals surface area (Å²) in [5.41, 5.74) is 2.82. The van der Waals surface area contributed by atoms with Gasteiger partial charge in [0.05, 0.1) is 10.4 Å². The number of dihydropyridines is 1. The molecule has 0 radical (unpaired) electrons. The Kier molecular flexibility index (Phi) is 4.70. The van der Waals surface area contributed by atoms with E-state index in [1.165, 1.54) is 3.97 Å². The highest BCUT2D eigenvalue weighted by Gasteiger charge is 2.21. The minimum Gasteiger partial charge on any atom is -0.293 e. The highest BCUT2D eigenvalue weighted by molar-refractivity contribution is 7.90. The number of para-hydroxylation sites is 1. The molecule has 0 saturated carbocycles. The predicted molar refractivity (Wildman–Crippen MR) is 110 cm³/mol. The van der Waals surface area contributed by atoms with Crippen LogP contribution in [0.4, 0.5) is 0 Å². The van der Waals surface area contributed by atoms with Crippen molar-refractivity contribution in [1.82, 2.24) is 3.97 Å². The highest BCUT2D eigenvalue weighted by Crippen LogP contribution is 2.28. The standard InChI is InChI=1S/C22H22N2O2S/c1-17-8-12-20(13-9-17)27(25,26)24-16-19(21-6-2-3-7-22(21)24)11-10-18-5-4-14-23-15-18/h2-9,12-14,16,18H,10-11,15H2,1H3. The van der Waals surface area contributed by atoms with Gasteiger partial charge in [0.1, 0.15) is 0 Å². The molecule has 0 saturated heterocycles. The first kappa shape index (κ1) is 17.7. The zero-order valence-corrected chi connectivity index (χ0v) is 16.1. The van der Waals surface area contributed by atoms with Crippen molar-refractivity contribution >= 4 is 27.1 Å². The van der Waals surface area contributed by atoms with Crippen LogP contribution in [0, 0.1) is 12.8 Å². The number of hydrogen-bond acceptors (Lipinski definition) is 3. The molecule has 1 aliphatic rings. The average Bonchev–Trinajstić information content (AvgIpc) is 3.07. The van der Waals surface area contributed by atoms with E-state index in [-0.39, 0.29) is 0 Å². The van der Waals surface area contributed by atoms with Crippen LogP contribution in [0.1, 0.15) is 17.5 Å². The molecule has 0 fully saturated rings. The van der Waals surface area contributed by atoms with E-state index in [0.29, 0.717) is 10.8 Å². The van der Waals surface area contributed by atoms with Crippen LogP contribution in [0.5, 0.6) is 0 Å². The lowest BCUT2D eigenvalue weighted by atomic mass is 9.98. The smallest absolute Gasteiger partial charge is 0.268 e. The molecular weight excluding hydrogens is 356 g/mol. The molecule has 1 unspecified atom stereocenters. The van der Waals surface area contributed by atoms with Gasteiger partial charge >= 0.3 is 0 Å². The molecule has 0 amide bonds. The molecule has 3 aromatic rings. The molecule has 4 nitrogen and oxygen atoms in total. The lowest BCUT2D eigenvalue weighted by Crippen LogP contribution is -2.12. The molecule has 0 aliphatic carbocycles. The molecule has 2 aromatic carbocycles. The Morgan fingerprint density at radius 1 is 1.11 bits per heavy atom. The molecule has 5 heteroatoms. The topological polar surface area (TPSA) is 51.4 Å². The highest BCUT2D eigenvalue weighted by atomic mass is 32.2. The Balaban J connectivity index is 1.72. The van der Waals surface area contributed by atoms with Crippen LogP contribution < -0.4 is 0 Å². The summed E-state index contributed by atoms with van der Waals surface area (Å²) < 4.78 is 27.8. The molecule has 138 valence electrons. The van der Waals surface area contributed by atoms with Gasteiger partial charge in [0.15, 0.2) is 0 Å². The summed E-state index contributed by atoms with van der Waals surface area (Å²) >= 11 is 0. The van der Waals surface area contributed by atoms with E-state index >= 15 is 0 Å². The van der Waals surface area contributed by atoms with Crippen LogP contribution in [-0.2, 0) is 16.4 Å². The van der Waals surface area contributed by atoms with Gasteiger partial charge in [-0.05, 0) is 55.5 Å². The Morgan fingerprint density at radius 3 is 2.63 bits per heavy atom. The number of aryl methyl sites for hydroxylation is 2. The molecule has 1 aromatic heterocycles.